The van der Waals surface area contributed by atoms with E-state index in [1.807, 2.05) is 0 Å². The molecule has 122 valence electrons. The Balaban J connectivity index is 2.39. The van der Waals surface area contributed by atoms with E-state index in [1.165, 1.54) is 25.3 Å². The predicted octanol–water partition coefficient (Wildman–Crippen LogP) is 0.805. The van der Waals surface area contributed by atoms with Crippen LogP contribution in [0.2, 0.25) is 5.02 Å². The van der Waals surface area contributed by atoms with Crippen LogP contribution in [0.15, 0.2) is 23.1 Å². The first-order chi connectivity index (χ1) is 10.3. The minimum atomic E-state index is -3.97. The molecule has 1 heterocycles. The molecule has 0 aromatic heterocycles. The molecule has 22 heavy (non-hydrogen) atoms. The van der Waals surface area contributed by atoms with E-state index in [-0.39, 0.29) is 35.2 Å². The van der Waals surface area contributed by atoms with Crippen molar-refractivity contribution in [2.24, 2.45) is 5.92 Å². The second-order valence-corrected chi connectivity index (χ2v) is 7.30. The van der Waals surface area contributed by atoms with Crippen molar-refractivity contribution in [3.63, 3.8) is 0 Å². The number of piperidine rings is 1. The summed E-state index contributed by atoms with van der Waals surface area (Å²) in [5.41, 5.74) is 0. The number of rotatable bonds is 4. The van der Waals surface area contributed by atoms with Crippen LogP contribution in [0.1, 0.15) is 6.42 Å². The number of aliphatic hydroxyl groups excluding tert-OH is 1. The van der Waals surface area contributed by atoms with E-state index in [0.29, 0.717) is 0 Å². The first kappa shape index (κ1) is 17.0. The molecule has 1 saturated heterocycles. The van der Waals surface area contributed by atoms with Crippen molar-refractivity contribution in [3.05, 3.63) is 23.2 Å². The van der Waals surface area contributed by atoms with Gasteiger partial charge in [-0.05, 0) is 24.6 Å². The third-order valence-electron chi connectivity index (χ3n) is 3.60. The molecule has 1 aliphatic rings. The zero-order valence-corrected chi connectivity index (χ0v) is 13.3. The van der Waals surface area contributed by atoms with Crippen LogP contribution in [-0.4, -0.2) is 55.2 Å². The maximum atomic E-state index is 12.7. The molecule has 0 bridgehead atoms. The highest BCUT2D eigenvalue weighted by Gasteiger charge is 2.39. The van der Waals surface area contributed by atoms with Gasteiger partial charge in [-0.15, -0.1) is 0 Å². The summed E-state index contributed by atoms with van der Waals surface area (Å²) in [6, 6.07) is 4.19. The number of carboxylic acid groups (broad SMARTS) is 1. The summed E-state index contributed by atoms with van der Waals surface area (Å²) in [7, 11) is -2.63. The predicted molar refractivity (Wildman–Crippen MR) is 78.5 cm³/mol. The average molecular weight is 350 g/mol. The molecule has 1 fully saturated rings. The topological polar surface area (TPSA) is 104 Å². The van der Waals surface area contributed by atoms with Gasteiger partial charge in [-0.25, -0.2) is 8.42 Å². The van der Waals surface area contributed by atoms with Gasteiger partial charge in [0.05, 0.1) is 19.1 Å². The lowest BCUT2D eigenvalue weighted by molar-refractivity contribution is -0.147. The molecular formula is C13H16ClNO6S. The van der Waals surface area contributed by atoms with Crippen LogP contribution in [0.5, 0.6) is 5.75 Å². The Kier molecular flexibility index (Phi) is 4.96. The fourth-order valence-electron chi connectivity index (χ4n) is 2.36. The Morgan fingerprint density at radius 2 is 2.14 bits per heavy atom. The maximum Gasteiger partial charge on any atom is 0.310 e. The van der Waals surface area contributed by atoms with Gasteiger partial charge in [0.25, 0.3) is 0 Å². The number of nitrogens with zero attached hydrogens (tertiary/aromatic N) is 1. The quantitative estimate of drug-likeness (QED) is 0.833. The van der Waals surface area contributed by atoms with E-state index in [9.17, 15) is 18.3 Å². The van der Waals surface area contributed by atoms with E-state index in [1.54, 1.807) is 0 Å². The number of hydrogen-bond acceptors (Lipinski definition) is 5. The van der Waals surface area contributed by atoms with Gasteiger partial charge in [0, 0.05) is 18.1 Å². The van der Waals surface area contributed by atoms with Crippen molar-refractivity contribution < 1.29 is 28.2 Å². The first-order valence-corrected chi connectivity index (χ1v) is 8.33. The minimum absolute atomic E-state index is 0.0307. The summed E-state index contributed by atoms with van der Waals surface area (Å²) in [5.74, 6) is -2.26. The number of carboxylic acids is 1. The molecule has 7 nitrogen and oxygen atoms in total. The zero-order chi connectivity index (χ0) is 16.5. The highest BCUT2D eigenvalue weighted by molar-refractivity contribution is 7.89. The lowest BCUT2D eigenvalue weighted by Crippen LogP contribution is -2.48. The van der Waals surface area contributed by atoms with Crippen LogP contribution in [0.25, 0.3) is 0 Å². The molecule has 0 aliphatic carbocycles. The SMILES string of the molecule is COc1ccc(Cl)cc1S(=O)(=O)N1CC[C@H](O)[C@@H](C(=O)O)C1. The average Bonchev–Trinajstić information content (AvgIpc) is 2.47. The summed E-state index contributed by atoms with van der Waals surface area (Å²) >= 11 is 5.85. The molecule has 1 aromatic rings. The summed E-state index contributed by atoms with van der Waals surface area (Å²) in [4.78, 5) is 11.0. The molecule has 0 radical (unpaired) electrons. The normalized spacial score (nSPS) is 23.2. The van der Waals surface area contributed by atoms with Crippen molar-refractivity contribution in [2.45, 2.75) is 17.4 Å². The Labute approximate surface area is 133 Å². The second-order valence-electron chi connectivity index (χ2n) is 4.96. The lowest BCUT2D eigenvalue weighted by atomic mass is 9.96. The van der Waals surface area contributed by atoms with Gasteiger partial charge >= 0.3 is 5.97 Å². The number of aliphatic carboxylic acids is 1. The van der Waals surface area contributed by atoms with E-state index in [2.05, 4.69) is 0 Å². The number of aliphatic hydroxyl groups is 1. The van der Waals surface area contributed by atoms with Gasteiger partial charge in [0.2, 0.25) is 10.0 Å². The van der Waals surface area contributed by atoms with Crippen LogP contribution < -0.4 is 4.74 Å². The standard InChI is InChI=1S/C13H16ClNO6S/c1-21-11-3-2-8(14)6-12(11)22(19,20)15-5-4-10(16)9(7-15)13(17)18/h2-3,6,9-10,16H,4-5,7H2,1H3,(H,17,18)/t9-,10-/m0/s1. The van der Waals surface area contributed by atoms with Gasteiger partial charge in [0.1, 0.15) is 10.6 Å². The largest absolute Gasteiger partial charge is 0.495 e. The van der Waals surface area contributed by atoms with Gasteiger partial charge in [-0.1, -0.05) is 11.6 Å². The van der Waals surface area contributed by atoms with Crippen LogP contribution in [0.3, 0.4) is 0 Å². The smallest absolute Gasteiger partial charge is 0.310 e. The summed E-state index contributed by atoms with van der Waals surface area (Å²) in [5, 5.41) is 19.0. The Morgan fingerprint density at radius 1 is 1.45 bits per heavy atom. The fourth-order valence-corrected chi connectivity index (χ4v) is 4.26. The highest BCUT2D eigenvalue weighted by atomic mass is 35.5. The van der Waals surface area contributed by atoms with E-state index in [0.717, 1.165) is 4.31 Å². The molecule has 0 unspecified atom stereocenters. The Bertz CT molecular complexity index is 677. The van der Waals surface area contributed by atoms with E-state index < -0.39 is 28.0 Å². The number of halogens is 1. The van der Waals surface area contributed by atoms with Crippen molar-refractivity contribution in [2.75, 3.05) is 20.2 Å². The van der Waals surface area contributed by atoms with E-state index in [4.69, 9.17) is 21.4 Å². The molecule has 0 amide bonds. The van der Waals surface area contributed by atoms with Gasteiger partial charge in [-0.2, -0.15) is 4.31 Å². The van der Waals surface area contributed by atoms with Crippen LogP contribution in [-0.2, 0) is 14.8 Å². The minimum Gasteiger partial charge on any atom is -0.495 e. The van der Waals surface area contributed by atoms with Crippen molar-refractivity contribution in [1.29, 1.82) is 0 Å². The van der Waals surface area contributed by atoms with E-state index >= 15 is 0 Å². The maximum absolute atomic E-state index is 12.7. The number of carbonyl (C=O) groups is 1. The highest BCUT2D eigenvalue weighted by Crippen LogP contribution is 2.32. The number of sulfonamides is 1. The summed E-state index contributed by atoms with van der Waals surface area (Å²) in [6.45, 7) is -0.266. The van der Waals surface area contributed by atoms with Crippen molar-refractivity contribution in [3.8, 4) is 5.75 Å². The number of hydrogen-bond donors (Lipinski definition) is 2. The van der Waals surface area contributed by atoms with Crippen LogP contribution in [0, 0.1) is 5.92 Å². The molecule has 1 aromatic carbocycles. The van der Waals surface area contributed by atoms with Crippen LogP contribution >= 0.6 is 11.6 Å². The molecular weight excluding hydrogens is 334 g/mol. The number of benzene rings is 1. The molecule has 2 rings (SSSR count). The second kappa shape index (κ2) is 6.41. The molecule has 2 N–H and O–H groups in total. The molecule has 0 spiro atoms. The third-order valence-corrected chi connectivity index (χ3v) is 5.72. The fraction of sp³-hybridized carbons (Fsp3) is 0.462. The van der Waals surface area contributed by atoms with Gasteiger partial charge < -0.3 is 14.9 Å². The van der Waals surface area contributed by atoms with Crippen molar-refractivity contribution in [1.82, 2.24) is 4.31 Å². The first-order valence-electron chi connectivity index (χ1n) is 6.52. The van der Waals surface area contributed by atoms with Crippen molar-refractivity contribution >= 4 is 27.6 Å². The Morgan fingerprint density at radius 3 is 2.73 bits per heavy atom. The molecule has 0 saturated carbocycles. The number of methoxy groups -OCH3 is 1. The summed E-state index contributed by atoms with van der Waals surface area (Å²) < 4.78 is 31.5. The van der Waals surface area contributed by atoms with Crippen LogP contribution in [0.4, 0.5) is 0 Å². The third kappa shape index (κ3) is 3.19. The zero-order valence-electron chi connectivity index (χ0n) is 11.8. The van der Waals surface area contributed by atoms with Gasteiger partial charge in [-0.3, -0.25) is 4.79 Å². The molecule has 2 atom stereocenters. The van der Waals surface area contributed by atoms with Gasteiger partial charge in [0.15, 0.2) is 0 Å². The number of ether oxygens (including phenoxy) is 1. The Hall–Kier alpha value is -1.35. The monoisotopic (exact) mass is 349 g/mol. The lowest BCUT2D eigenvalue weighted by Gasteiger charge is -2.33. The molecule has 1 aliphatic heterocycles. The molecule has 9 heteroatoms. The summed E-state index contributed by atoms with van der Waals surface area (Å²) in [6.07, 6.45) is -1.01.